The van der Waals surface area contributed by atoms with Crippen molar-refractivity contribution in [2.24, 2.45) is 0 Å². The van der Waals surface area contributed by atoms with E-state index < -0.39 is 29.7 Å². The van der Waals surface area contributed by atoms with Gasteiger partial charge in [-0.25, -0.2) is 9.59 Å². The fourth-order valence-electron chi connectivity index (χ4n) is 1.66. The van der Waals surface area contributed by atoms with E-state index in [-0.39, 0.29) is 13.0 Å². The maximum absolute atomic E-state index is 11.8. The Kier molecular flexibility index (Phi) is 3.42. The van der Waals surface area contributed by atoms with Crippen LogP contribution < -0.4 is 5.32 Å². The lowest BCUT2D eigenvalue weighted by Crippen LogP contribution is -2.51. The zero-order valence-electron chi connectivity index (χ0n) is 9.73. The number of amides is 2. The largest absolute Gasteiger partial charge is 0.480 e. The van der Waals surface area contributed by atoms with Crippen molar-refractivity contribution in [1.82, 2.24) is 10.2 Å². The first kappa shape index (κ1) is 12.8. The van der Waals surface area contributed by atoms with Crippen molar-refractivity contribution in [3.8, 4) is 0 Å². The molecule has 0 aromatic rings. The standard InChI is InChI=1S/C10H18N2O4/c1-10(2,3)11-9(16)12-5-6(13)4-7(12)8(14)15/h6-7,13H,4-5H2,1-3H3,(H,11,16)(H,14,15)/t6-,7-/m0/s1. The Morgan fingerprint density at radius 2 is 1.94 bits per heavy atom. The smallest absolute Gasteiger partial charge is 0.326 e. The quantitative estimate of drug-likeness (QED) is 0.592. The van der Waals surface area contributed by atoms with Crippen molar-refractivity contribution in [1.29, 1.82) is 0 Å². The fraction of sp³-hybridized carbons (Fsp3) is 0.800. The molecule has 6 nitrogen and oxygen atoms in total. The van der Waals surface area contributed by atoms with Gasteiger partial charge in [0.25, 0.3) is 0 Å². The van der Waals surface area contributed by atoms with Crippen LogP contribution in [0.2, 0.25) is 0 Å². The lowest BCUT2D eigenvalue weighted by atomic mass is 10.1. The predicted octanol–water partition coefficient (Wildman–Crippen LogP) is 0.0143. The number of urea groups is 1. The molecule has 1 aliphatic heterocycles. The summed E-state index contributed by atoms with van der Waals surface area (Å²) in [6, 6.07) is -1.38. The zero-order chi connectivity index (χ0) is 12.5. The van der Waals surface area contributed by atoms with Gasteiger partial charge in [0, 0.05) is 18.5 Å². The molecule has 1 fully saturated rings. The molecule has 0 unspecified atom stereocenters. The minimum atomic E-state index is -1.08. The summed E-state index contributed by atoms with van der Waals surface area (Å²) in [7, 11) is 0. The second-order valence-electron chi connectivity index (χ2n) is 5.08. The van der Waals surface area contributed by atoms with Gasteiger partial charge in [0.15, 0.2) is 0 Å². The first-order valence-corrected chi connectivity index (χ1v) is 5.20. The topological polar surface area (TPSA) is 89.9 Å². The third kappa shape index (κ3) is 3.10. The Bertz CT molecular complexity index is 298. The van der Waals surface area contributed by atoms with Crippen LogP contribution in [-0.4, -0.2) is 51.3 Å². The van der Waals surface area contributed by atoms with E-state index >= 15 is 0 Å². The SMILES string of the molecule is CC(C)(C)NC(=O)N1C[C@@H](O)C[C@H]1C(=O)O. The number of hydrogen-bond donors (Lipinski definition) is 3. The van der Waals surface area contributed by atoms with Gasteiger partial charge in [0.1, 0.15) is 6.04 Å². The van der Waals surface area contributed by atoms with Crippen LogP contribution in [-0.2, 0) is 4.79 Å². The molecule has 2 atom stereocenters. The Morgan fingerprint density at radius 1 is 1.38 bits per heavy atom. The van der Waals surface area contributed by atoms with Gasteiger partial charge in [-0.2, -0.15) is 0 Å². The number of aliphatic hydroxyl groups is 1. The molecule has 0 bridgehead atoms. The molecule has 0 radical (unpaired) electrons. The maximum Gasteiger partial charge on any atom is 0.326 e. The molecule has 6 heteroatoms. The molecular weight excluding hydrogens is 212 g/mol. The molecule has 92 valence electrons. The summed E-state index contributed by atoms with van der Waals surface area (Å²) in [6.45, 7) is 5.51. The highest BCUT2D eigenvalue weighted by atomic mass is 16.4. The molecule has 16 heavy (non-hydrogen) atoms. The summed E-state index contributed by atoms with van der Waals surface area (Å²) in [5.74, 6) is -1.08. The molecule has 0 aromatic heterocycles. The van der Waals surface area contributed by atoms with Gasteiger partial charge in [-0.05, 0) is 20.8 Å². The van der Waals surface area contributed by atoms with Crippen LogP contribution >= 0.6 is 0 Å². The molecule has 1 heterocycles. The van der Waals surface area contributed by atoms with Crippen molar-refractivity contribution >= 4 is 12.0 Å². The molecule has 0 saturated carbocycles. The van der Waals surface area contributed by atoms with Crippen molar-refractivity contribution in [2.45, 2.75) is 44.9 Å². The van der Waals surface area contributed by atoms with Crippen LogP contribution in [0.25, 0.3) is 0 Å². The highest BCUT2D eigenvalue weighted by Crippen LogP contribution is 2.18. The molecule has 0 aromatic carbocycles. The van der Waals surface area contributed by atoms with Crippen molar-refractivity contribution in [2.75, 3.05) is 6.54 Å². The molecule has 2 amide bonds. The Morgan fingerprint density at radius 3 is 2.38 bits per heavy atom. The van der Waals surface area contributed by atoms with Gasteiger partial charge in [-0.3, -0.25) is 0 Å². The van der Waals surface area contributed by atoms with E-state index in [1.54, 1.807) is 0 Å². The maximum atomic E-state index is 11.8. The van der Waals surface area contributed by atoms with Gasteiger partial charge < -0.3 is 20.4 Å². The third-order valence-corrected chi connectivity index (χ3v) is 2.31. The molecule has 3 N–H and O–H groups in total. The number of carboxylic acids is 1. The molecule has 1 rings (SSSR count). The first-order valence-electron chi connectivity index (χ1n) is 5.20. The molecular formula is C10H18N2O4. The van der Waals surface area contributed by atoms with Crippen LogP contribution in [0.4, 0.5) is 4.79 Å². The summed E-state index contributed by atoms with van der Waals surface area (Å²) >= 11 is 0. The molecule has 1 aliphatic rings. The Hall–Kier alpha value is -1.30. The number of aliphatic carboxylic acids is 1. The average molecular weight is 230 g/mol. The van der Waals surface area contributed by atoms with Crippen molar-refractivity contribution < 1.29 is 19.8 Å². The number of likely N-dealkylation sites (tertiary alicyclic amines) is 1. The van der Waals surface area contributed by atoms with Gasteiger partial charge >= 0.3 is 12.0 Å². The Balaban J connectivity index is 2.71. The van der Waals surface area contributed by atoms with Gasteiger partial charge in [-0.1, -0.05) is 0 Å². The monoisotopic (exact) mass is 230 g/mol. The van der Waals surface area contributed by atoms with Crippen LogP contribution in [0.5, 0.6) is 0 Å². The number of nitrogens with zero attached hydrogens (tertiary/aromatic N) is 1. The number of β-amino-alcohol motifs (C(OH)–C–C–N with tert-alkyl or cyclic N) is 1. The lowest BCUT2D eigenvalue weighted by Gasteiger charge is -2.27. The van der Waals surface area contributed by atoms with E-state index in [2.05, 4.69) is 5.32 Å². The van der Waals surface area contributed by atoms with E-state index in [0.717, 1.165) is 4.90 Å². The summed E-state index contributed by atoms with van der Waals surface area (Å²) in [4.78, 5) is 23.8. The van der Waals surface area contributed by atoms with Gasteiger partial charge in [0.05, 0.1) is 6.10 Å². The highest BCUT2D eigenvalue weighted by molar-refractivity contribution is 5.83. The lowest BCUT2D eigenvalue weighted by molar-refractivity contribution is -0.141. The fourth-order valence-corrected chi connectivity index (χ4v) is 1.66. The third-order valence-electron chi connectivity index (χ3n) is 2.31. The normalized spacial score (nSPS) is 25.6. The van der Waals surface area contributed by atoms with Crippen LogP contribution in [0.3, 0.4) is 0 Å². The van der Waals surface area contributed by atoms with Crippen LogP contribution in [0, 0.1) is 0 Å². The van der Waals surface area contributed by atoms with E-state index in [1.165, 1.54) is 0 Å². The number of rotatable bonds is 1. The number of carboxylic acid groups (broad SMARTS) is 1. The summed E-state index contributed by atoms with van der Waals surface area (Å²) in [5.41, 5.74) is -0.423. The molecule has 0 aliphatic carbocycles. The van der Waals surface area contributed by atoms with E-state index in [0.29, 0.717) is 0 Å². The van der Waals surface area contributed by atoms with Gasteiger partial charge in [0.2, 0.25) is 0 Å². The van der Waals surface area contributed by atoms with E-state index in [9.17, 15) is 14.7 Å². The van der Waals surface area contributed by atoms with E-state index in [4.69, 9.17) is 5.11 Å². The zero-order valence-corrected chi connectivity index (χ0v) is 9.73. The average Bonchev–Trinajstić information content (AvgIpc) is 2.44. The second-order valence-corrected chi connectivity index (χ2v) is 5.08. The number of aliphatic hydroxyl groups excluding tert-OH is 1. The van der Waals surface area contributed by atoms with Crippen LogP contribution in [0.15, 0.2) is 0 Å². The molecule has 0 spiro atoms. The first-order chi connectivity index (χ1) is 7.20. The molecule has 1 saturated heterocycles. The van der Waals surface area contributed by atoms with Crippen molar-refractivity contribution in [3.05, 3.63) is 0 Å². The minimum Gasteiger partial charge on any atom is -0.480 e. The Labute approximate surface area is 94.2 Å². The number of carbonyl (C=O) groups is 2. The highest BCUT2D eigenvalue weighted by Gasteiger charge is 2.39. The van der Waals surface area contributed by atoms with Gasteiger partial charge in [-0.15, -0.1) is 0 Å². The summed E-state index contributed by atoms with van der Waals surface area (Å²) in [5, 5.41) is 21.0. The summed E-state index contributed by atoms with van der Waals surface area (Å²) < 4.78 is 0. The predicted molar refractivity (Wildman–Crippen MR) is 57.0 cm³/mol. The number of carbonyl (C=O) groups excluding carboxylic acids is 1. The second kappa shape index (κ2) is 4.29. The van der Waals surface area contributed by atoms with E-state index in [1.807, 2.05) is 20.8 Å². The minimum absolute atomic E-state index is 0.0683. The number of hydrogen-bond acceptors (Lipinski definition) is 3. The van der Waals surface area contributed by atoms with Crippen molar-refractivity contribution in [3.63, 3.8) is 0 Å². The van der Waals surface area contributed by atoms with Crippen LogP contribution in [0.1, 0.15) is 27.2 Å². The summed E-state index contributed by atoms with van der Waals surface area (Å²) in [6.07, 6.45) is -0.667. The number of nitrogens with one attached hydrogen (secondary N) is 1.